The smallest absolute Gasteiger partial charge is 0.189 e. The van der Waals surface area contributed by atoms with Gasteiger partial charge in [-0.15, -0.1) is 0 Å². The van der Waals surface area contributed by atoms with E-state index in [4.69, 9.17) is 34.7 Å². The summed E-state index contributed by atoms with van der Waals surface area (Å²) in [7, 11) is 2.00. The monoisotopic (exact) mass is 563 g/mol. The van der Waals surface area contributed by atoms with Crippen LogP contribution in [0.1, 0.15) is 39.2 Å². The second kappa shape index (κ2) is 18.8. The molecule has 0 saturated heterocycles. The van der Waals surface area contributed by atoms with Gasteiger partial charge in [-0.25, -0.2) is 9.97 Å². The van der Waals surface area contributed by atoms with E-state index in [9.17, 15) is 0 Å². The number of likely N-dealkylation sites (N-methyl/N-ethyl adjacent to an activating group) is 1. The molecule has 10 heteroatoms. The molecule has 0 aliphatic heterocycles. The van der Waals surface area contributed by atoms with E-state index in [1.807, 2.05) is 76.9 Å². The van der Waals surface area contributed by atoms with Crippen molar-refractivity contribution in [3.63, 3.8) is 0 Å². The molecule has 2 aromatic carbocycles. The van der Waals surface area contributed by atoms with Crippen molar-refractivity contribution in [1.29, 1.82) is 0 Å². The van der Waals surface area contributed by atoms with Crippen LogP contribution in [-0.2, 0) is 14.3 Å². The van der Waals surface area contributed by atoms with Gasteiger partial charge in [0.2, 0.25) is 0 Å². The lowest BCUT2D eigenvalue weighted by Gasteiger charge is -2.19. The van der Waals surface area contributed by atoms with E-state index in [2.05, 4.69) is 41.0 Å². The lowest BCUT2D eigenvalue weighted by Crippen LogP contribution is -2.23. The van der Waals surface area contributed by atoms with Gasteiger partial charge in [-0.3, -0.25) is 0 Å². The van der Waals surface area contributed by atoms with Gasteiger partial charge in [-0.2, -0.15) is 0 Å². The standard InChI is InChI=1S/C27H31N5O3.C2H6.2CH2O/c1-18(2)19-4-6-21(7-5-19)24-17-29-27(28)26(30-24)25-16-23(31-35-25)20-8-10-22(11-9-20)32(3)12-14-34-15-13-33;3*1-2/h4-11,16-18,33H,12-15H2,1-3H3,(H2,28,29);1-2H3;2*1H2. The normalized spacial score (nSPS) is 9.93. The van der Waals surface area contributed by atoms with Crippen molar-refractivity contribution in [2.45, 2.75) is 33.6 Å². The number of aromatic nitrogens is 3. The molecule has 10 nitrogen and oxygen atoms in total. The Morgan fingerprint density at radius 1 is 0.951 bits per heavy atom. The van der Waals surface area contributed by atoms with Crippen molar-refractivity contribution in [3.05, 3.63) is 66.4 Å². The fourth-order valence-electron chi connectivity index (χ4n) is 3.66. The van der Waals surface area contributed by atoms with Crippen LogP contribution in [0.3, 0.4) is 0 Å². The van der Waals surface area contributed by atoms with Crippen LogP contribution in [0.4, 0.5) is 11.5 Å². The van der Waals surface area contributed by atoms with Gasteiger partial charge in [-0.05, 0) is 23.6 Å². The maximum atomic E-state index is 8.80. The molecule has 0 radical (unpaired) electrons. The third-order valence-electron chi connectivity index (χ3n) is 5.83. The van der Waals surface area contributed by atoms with Gasteiger partial charge in [-0.1, -0.05) is 69.2 Å². The van der Waals surface area contributed by atoms with Crippen molar-refractivity contribution in [2.24, 2.45) is 0 Å². The number of hydrogen-bond donors (Lipinski definition) is 2. The highest BCUT2D eigenvalue weighted by molar-refractivity contribution is 5.73. The molecule has 0 atom stereocenters. The Labute approximate surface area is 242 Å². The summed E-state index contributed by atoms with van der Waals surface area (Å²) < 4.78 is 10.9. The molecule has 2 heterocycles. The van der Waals surface area contributed by atoms with Crippen LogP contribution in [0, 0.1) is 0 Å². The molecule has 0 amide bonds. The predicted molar refractivity (Wildman–Crippen MR) is 164 cm³/mol. The largest absolute Gasteiger partial charge is 0.394 e. The van der Waals surface area contributed by atoms with Gasteiger partial charge in [0.1, 0.15) is 19.3 Å². The summed E-state index contributed by atoms with van der Waals surface area (Å²) in [4.78, 5) is 27.1. The average Bonchev–Trinajstić information content (AvgIpc) is 3.53. The molecule has 2 aromatic heterocycles. The van der Waals surface area contributed by atoms with Gasteiger partial charge in [0, 0.05) is 36.5 Å². The fraction of sp³-hybridized carbons (Fsp3) is 0.323. The van der Waals surface area contributed by atoms with Crippen LogP contribution in [0.2, 0.25) is 0 Å². The third-order valence-corrected chi connectivity index (χ3v) is 5.83. The Morgan fingerprint density at radius 3 is 2.12 bits per heavy atom. The van der Waals surface area contributed by atoms with Crippen molar-refractivity contribution in [1.82, 2.24) is 15.1 Å². The van der Waals surface area contributed by atoms with E-state index in [-0.39, 0.29) is 12.4 Å². The first-order chi connectivity index (χ1) is 20.0. The minimum absolute atomic E-state index is 0.0328. The highest BCUT2D eigenvalue weighted by atomic mass is 16.5. The molecule has 0 saturated carbocycles. The molecular formula is C31H41N5O5. The van der Waals surface area contributed by atoms with E-state index in [0.29, 0.717) is 36.3 Å². The predicted octanol–water partition coefficient (Wildman–Crippen LogP) is 5.27. The number of aliphatic hydroxyl groups excluding tert-OH is 1. The number of anilines is 2. The lowest BCUT2D eigenvalue weighted by molar-refractivity contribution is -0.0987. The highest BCUT2D eigenvalue weighted by Gasteiger charge is 2.16. The topological polar surface area (TPSA) is 145 Å². The molecule has 220 valence electrons. The molecule has 4 aromatic rings. The van der Waals surface area contributed by atoms with Crippen LogP contribution in [-0.4, -0.2) is 67.2 Å². The van der Waals surface area contributed by atoms with E-state index >= 15 is 0 Å². The van der Waals surface area contributed by atoms with Gasteiger partial charge in [0.25, 0.3) is 0 Å². The van der Waals surface area contributed by atoms with Crippen LogP contribution < -0.4 is 10.6 Å². The molecule has 0 bridgehead atoms. The second-order valence-electron chi connectivity index (χ2n) is 8.65. The Hall–Kier alpha value is -4.41. The highest BCUT2D eigenvalue weighted by Crippen LogP contribution is 2.30. The lowest BCUT2D eigenvalue weighted by atomic mass is 10.0. The Morgan fingerprint density at radius 2 is 1.54 bits per heavy atom. The number of nitrogen functional groups attached to an aromatic ring is 1. The maximum absolute atomic E-state index is 8.80. The van der Waals surface area contributed by atoms with Gasteiger partial charge >= 0.3 is 0 Å². The van der Waals surface area contributed by atoms with Crippen LogP contribution in [0.15, 0.2) is 65.3 Å². The van der Waals surface area contributed by atoms with Gasteiger partial charge < -0.3 is 34.6 Å². The molecule has 0 spiro atoms. The van der Waals surface area contributed by atoms with Gasteiger partial charge in [0.05, 0.1) is 31.7 Å². The first-order valence-corrected chi connectivity index (χ1v) is 13.2. The van der Waals surface area contributed by atoms with Crippen LogP contribution in [0.25, 0.3) is 34.0 Å². The van der Waals surface area contributed by atoms with E-state index in [0.717, 1.165) is 29.1 Å². The molecule has 0 aliphatic rings. The van der Waals surface area contributed by atoms with E-state index < -0.39 is 0 Å². The van der Waals surface area contributed by atoms with Crippen molar-refractivity contribution < 1.29 is 24.0 Å². The summed E-state index contributed by atoms with van der Waals surface area (Å²) in [6.07, 6.45) is 1.67. The van der Waals surface area contributed by atoms with Crippen LogP contribution >= 0.6 is 0 Å². The second-order valence-corrected chi connectivity index (χ2v) is 8.65. The first kappa shape index (κ1) is 34.6. The first-order valence-electron chi connectivity index (χ1n) is 13.2. The van der Waals surface area contributed by atoms with Crippen molar-refractivity contribution in [3.8, 4) is 34.0 Å². The summed E-state index contributed by atoms with van der Waals surface area (Å²) in [5.41, 5.74) is 12.2. The summed E-state index contributed by atoms with van der Waals surface area (Å²) in [5, 5.41) is 13.0. The number of aliphatic hydroxyl groups is 1. The molecular weight excluding hydrogens is 522 g/mol. The zero-order chi connectivity index (χ0) is 30.8. The molecule has 41 heavy (non-hydrogen) atoms. The summed E-state index contributed by atoms with van der Waals surface area (Å²) in [6.45, 7) is 14.0. The van der Waals surface area contributed by atoms with Crippen molar-refractivity contribution in [2.75, 3.05) is 44.0 Å². The average molecular weight is 564 g/mol. The number of nitrogens with two attached hydrogens (primary N) is 1. The van der Waals surface area contributed by atoms with E-state index in [1.54, 1.807) is 6.20 Å². The minimum Gasteiger partial charge on any atom is -0.394 e. The number of rotatable bonds is 10. The summed E-state index contributed by atoms with van der Waals surface area (Å²) in [6, 6.07) is 18.1. The molecule has 4 rings (SSSR count). The zero-order valence-corrected chi connectivity index (χ0v) is 24.5. The zero-order valence-electron chi connectivity index (χ0n) is 24.5. The van der Waals surface area contributed by atoms with Gasteiger partial charge in [0.15, 0.2) is 17.3 Å². The van der Waals surface area contributed by atoms with Crippen molar-refractivity contribution >= 4 is 25.1 Å². The SMILES string of the molecule is C=O.C=O.CC.CC(C)c1ccc(-c2cnc(N)c(-c3cc(-c4ccc(N(C)CCOCCO)cc4)no3)n2)cc1. The fourth-order valence-corrected chi connectivity index (χ4v) is 3.66. The van der Waals surface area contributed by atoms with Crippen LogP contribution in [0.5, 0.6) is 0 Å². The molecule has 0 aliphatic carbocycles. The Balaban J connectivity index is 0.00000131. The number of carbonyl (C=O) groups excluding carboxylic acids is 2. The Bertz CT molecular complexity index is 1280. The molecule has 0 fully saturated rings. The number of hydrogen-bond acceptors (Lipinski definition) is 10. The minimum atomic E-state index is 0.0328. The number of nitrogens with zero attached hydrogens (tertiary/aromatic N) is 4. The third kappa shape index (κ3) is 9.93. The number of benzene rings is 2. The molecule has 3 N–H and O–H groups in total. The molecule has 0 unspecified atom stereocenters. The van der Waals surface area contributed by atoms with E-state index in [1.165, 1.54) is 5.56 Å². The number of ether oxygens (including phenoxy) is 1. The summed E-state index contributed by atoms with van der Waals surface area (Å²) >= 11 is 0. The maximum Gasteiger partial charge on any atom is 0.189 e. The quantitative estimate of drug-likeness (QED) is 0.245. The number of carbonyl (C=O) groups is 2. The summed E-state index contributed by atoms with van der Waals surface area (Å²) in [5.74, 6) is 1.22. The Kier molecular flexibility index (Phi) is 15.9.